The van der Waals surface area contributed by atoms with E-state index in [-0.39, 0.29) is 12.1 Å². The number of unbranched alkanes of at least 4 members (excludes halogenated alkanes) is 10. The molecule has 2 unspecified atom stereocenters. The van der Waals surface area contributed by atoms with Gasteiger partial charge in [0.25, 0.3) is 0 Å². The minimum Gasteiger partial charge on any atom is -0.460 e. The fraction of sp³-hybridized carbons (Fsp3) is 0.781. The first-order valence-electron chi connectivity index (χ1n) is 15.3. The van der Waals surface area contributed by atoms with Gasteiger partial charge in [-0.05, 0) is 31.4 Å². The van der Waals surface area contributed by atoms with Crippen LogP contribution in [0.25, 0.3) is 0 Å². The lowest BCUT2D eigenvalue weighted by Crippen LogP contribution is -2.21. The van der Waals surface area contributed by atoms with Gasteiger partial charge < -0.3 is 28.8 Å². The third-order valence-corrected chi connectivity index (χ3v) is 6.33. The van der Waals surface area contributed by atoms with E-state index in [1.54, 1.807) is 6.92 Å². The number of carbonyl (C=O) groups excluding carboxylic acids is 1. The van der Waals surface area contributed by atoms with Gasteiger partial charge in [-0.25, -0.2) is 0 Å². The molecule has 1 aromatic carbocycles. The molecule has 0 aliphatic heterocycles. The molecule has 0 aliphatic carbocycles. The highest BCUT2D eigenvalue weighted by molar-refractivity contribution is 5.69. The molecule has 0 spiro atoms. The minimum absolute atomic E-state index is 0.128. The zero-order valence-electron chi connectivity index (χ0n) is 25.0. The van der Waals surface area contributed by atoms with Crippen LogP contribution in [0.1, 0.15) is 109 Å². The fourth-order valence-electron chi connectivity index (χ4n) is 4.10. The van der Waals surface area contributed by atoms with Gasteiger partial charge in [0.1, 0.15) is 6.10 Å². The van der Waals surface area contributed by atoms with Gasteiger partial charge in [-0.1, -0.05) is 95.4 Å². The lowest BCUT2D eigenvalue weighted by molar-refractivity contribution is -0.151. The van der Waals surface area contributed by atoms with E-state index in [9.17, 15) is 4.79 Å². The van der Waals surface area contributed by atoms with Crippen LogP contribution in [-0.4, -0.2) is 62.9 Å². The molecule has 39 heavy (non-hydrogen) atoms. The number of carbonyl (C=O) groups is 1. The smallest absolute Gasteiger partial charge is 0.306 e. The van der Waals surface area contributed by atoms with Crippen LogP contribution in [0, 0.1) is 0 Å². The summed E-state index contributed by atoms with van der Waals surface area (Å²) in [5.74, 6) is -0.128. The van der Waals surface area contributed by atoms with Crippen molar-refractivity contribution >= 4 is 5.97 Å². The highest BCUT2D eigenvalue weighted by atomic mass is 16.6. The quantitative estimate of drug-likeness (QED) is 0.0953. The molecular weight excluding hydrogens is 496 g/mol. The molecule has 226 valence electrons. The van der Waals surface area contributed by atoms with Gasteiger partial charge in [0.2, 0.25) is 0 Å². The van der Waals surface area contributed by atoms with E-state index in [1.807, 2.05) is 31.2 Å². The predicted molar refractivity (Wildman–Crippen MR) is 156 cm³/mol. The first-order valence-corrected chi connectivity index (χ1v) is 15.3. The van der Waals surface area contributed by atoms with Crippen molar-refractivity contribution in [2.24, 2.45) is 0 Å². The average Bonchev–Trinajstić information content (AvgIpc) is 2.91. The van der Waals surface area contributed by atoms with Crippen molar-refractivity contribution in [1.82, 2.24) is 0 Å². The van der Waals surface area contributed by atoms with Gasteiger partial charge in [-0.2, -0.15) is 0 Å². The van der Waals surface area contributed by atoms with E-state index in [0.29, 0.717) is 59.3 Å². The molecular formula is C32H56O7. The molecule has 0 heterocycles. The number of hydrogen-bond donors (Lipinski definition) is 1. The van der Waals surface area contributed by atoms with E-state index in [0.717, 1.165) is 24.0 Å². The van der Waals surface area contributed by atoms with Crippen LogP contribution in [0.15, 0.2) is 24.3 Å². The molecule has 0 amide bonds. The maximum Gasteiger partial charge on any atom is 0.306 e. The Bertz CT molecular complexity index is 678. The average molecular weight is 553 g/mol. The Balaban J connectivity index is 1.93. The Labute approximate surface area is 237 Å². The van der Waals surface area contributed by atoms with Gasteiger partial charge in [0.15, 0.2) is 0 Å². The van der Waals surface area contributed by atoms with Crippen molar-refractivity contribution in [3.63, 3.8) is 0 Å². The van der Waals surface area contributed by atoms with Crippen LogP contribution in [0.5, 0.6) is 0 Å². The van der Waals surface area contributed by atoms with E-state index < -0.39 is 6.10 Å². The number of ether oxygens (including phenoxy) is 5. The first-order chi connectivity index (χ1) is 19.0. The highest BCUT2D eigenvalue weighted by Crippen LogP contribution is 2.12. The van der Waals surface area contributed by atoms with E-state index in [4.69, 9.17) is 28.8 Å². The summed E-state index contributed by atoms with van der Waals surface area (Å²) >= 11 is 0. The maximum atomic E-state index is 12.0. The van der Waals surface area contributed by atoms with Gasteiger partial charge in [-0.3, -0.25) is 4.79 Å². The topological polar surface area (TPSA) is 83.5 Å². The van der Waals surface area contributed by atoms with Crippen molar-refractivity contribution in [2.75, 3.05) is 39.6 Å². The maximum absolute atomic E-state index is 12.0. The summed E-state index contributed by atoms with van der Waals surface area (Å²) in [6.07, 6.45) is 13.8. The van der Waals surface area contributed by atoms with E-state index in [1.165, 1.54) is 57.8 Å². The molecule has 0 saturated heterocycles. The summed E-state index contributed by atoms with van der Waals surface area (Å²) in [6.45, 7) is 9.48. The Hall–Kier alpha value is -1.51. The largest absolute Gasteiger partial charge is 0.460 e. The SMILES string of the molecule is CCCCCCCCCCCCCC(=O)OC(C)COCCOCc1ccc(COCCOCC(C)O)cc1. The Morgan fingerprint density at radius 3 is 1.59 bits per heavy atom. The number of esters is 1. The van der Waals surface area contributed by atoms with Crippen LogP contribution in [0.3, 0.4) is 0 Å². The summed E-state index contributed by atoms with van der Waals surface area (Å²) in [6, 6.07) is 8.11. The van der Waals surface area contributed by atoms with Crippen molar-refractivity contribution in [3.8, 4) is 0 Å². The second-order valence-electron chi connectivity index (χ2n) is 10.5. The number of aliphatic hydroxyl groups excluding tert-OH is 1. The first kappa shape index (κ1) is 35.5. The molecule has 7 heteroatoms. The zero-order chi connectivity index (χ0) is 28.4. The summed E-state index contributed by atoms with van der Waals surface area (Å²) in [7, 11) is 0. The third-order valence-electron chi connectivity index (χ3n) is 6.33. The summed E-state index contributed by atoms with van der Waals surface area (Å²) in [5, 5.41) is 9.14. The minimum atomic E-state index is -0.451. The van der Waals surface area contributed by atoms with Crippen LogP contribution >= 0.6 is 0 Å². The fourth-order valence-corrected chi connectivity index (χ4v) is 4.10. The number of hydrogen-bond acceptors (Lipinski definition) is 7. The molecule has 0 saturated carbocycles. The lowest BCUT2D eigenvalue weighted by atomic mass is 10.1. The second kappa shape index (κ2) is 25.5. The zero-order valence-corrected chi connectivity index (χ0v) is 25.0. The molecule has 1 N–H and O–H groups in total. The second-order valence-corrected chi connectivity index (χ2v) is 10.5. The molecule has 0 fully saturated rings. The molecule has 0 aliphatic rings. The van der Waals surface area contributed by atoms with Gasteiger partial charge >= 0.3 is 5.97 Å². The van der Waals surface area contributed by atoms with Gasteiger partial charge in [0.05, 0.1) is 59.0 Å². The normalized spacial score (nSPS) is 12.9. The number of rotatable bonds is 27. The molecule has 0 bridgehead atoms. The highest BCUT2D eigenvalue weighted by Gasteiger charge is 2.09. The standard InChI is InChI=1S/C32H56O7/c1-4-5-6-7-8-9-10-11-12-13-14-15-32(34)39-29(3)25-36-21-23-38-27-31-18-16-30(17-19-31)26-37-22-20-35-24-28(2)33/h16-19,28-29,33H,4-15,20-27H2,1-3H3. The molecule has 1 aromatic rings. The van der Waals surface area contributed by atoms with E-state index >= 15 is 0 Å². The summed E-state index contributed by atoms with van der Waals surface area (Å²) in [4.78, 5) is 12.0. The molecule has 0 aromatic heterocycles. The third kappa shape index (κ3) is 22.9. The predicted octanol–water partition coefficient (Wildman–Crippen LogP) is 6.77. The molecule has 7 nitrogen and oxygen atoms in total. The van der Waals surface area contributed by atoms with Crippen molar-refractivity contribution in [1.29, 1.82) is 0 Å². The molecule has 0 radical (unpaired) electrons. The van der Waals surface area contributed by atoms with Crippen molar-refractivity contribution in [2.45, 2.75) is 123 Å². The Morgan fingerprint density at radius 1 is 0.667 bits per heavy atom. The molecule has 1 rings (SSSR count). The van der Waals surface area contributed by atoms with Crippen LogP contribution < -0.4 is 0 Å². The Morgan fingerprint density at radius 2 is 1.10 bits per heavy atom. The van der Waals surface area contributed by atoms with E-state index in [2.05, 4.69) is 6.92 Å². The van der Waals surface area contributed by atoms with Crippen molar-refractivity contribution in [3.05, 3.63) is 35.4 Å². The Kier molecular flexibility index (Phi) is 23.2. The number of aliphatic hydroxyl groups is 1. The summed E-state index contributed by atoms with van der Waals surface area (Å²) in [5.41, 5.74) is 2.17. The number of benzene rings is 1. The van der Waals surface area contributed by atoms with Crippen LogP contribution in [0.2, 0.25) is 0 Å². The van der Waals surface area contributed by atoms with Gasteiger partial charge in [-0.15, -0.1) is 0 Å². The molecule has 2 atom stereocenters. The van der Waals surface area contributed by atoms with Crippen LogP contribution in [-0.2, 0) is 41.7 Å². The van der Waals surface area contributed by atoms with Crippen molar-refractivity contribution < 1.29 is 33.6 Å². The lowest BCUT2D eigenvalue weighted by Gasteiger charge is -2.14. The monoisotopic (exact) mass is 552 g/mol. The summed E-state index contributed by atoms with van der Waals surface area (Å²) < 4.78 is 27.6. The van der Waals surface area contributed by atoms with Crippen LogP contribution in [0.4, 0.5) is 0 Å². The van der Waals surface area contributed by atoms with Gasteiger partial charge in [0, 0.05) is 6.42 Å².